The van der Waals surface area contributed by atoms with E-state index in [1.165, 1.54) is 15.5 Å². The normalized spacial score (nSPS) is 14.3. The molecule has 0 atom stereocenters. The van der Waals surface area contributed by atoms with Gasteiger partial charge in [-0.3, -0.25) is 15.0 Å². The van der Waals surface area contributed by atoms with Gasteiger partial charge in [0.2, 0.25) is 5.91 Å². The van der Waals surface area contributed by atoms with Gasteiger partial charge in [0.1, 0.15) is 38.7 Å². The molecular formula is C26H36B2ClF2N7O2. The quantitative estimate of drug-likeness (QED) is 0.126. The number of rotatable bonds is 8. The minimum Gasteiger partial charge on any atom is -0.398 e. The summed E-state index contributed by atoms with van der Waals surface area (Å²) < 4.78 is 30.0. The minimum atomic E-state index is -3.02. The van der Waals surface area contributed by atoms with Gasteiger partial charge in [-0.25, -0.2) is 13.8 Å². The van der Waals surface area contributed by atoms with Crippen LogP contribution in [-0.2, 0) is 15.5 Å². The summed E-state index contributed by atoms with van der Waals surface area (Å²) in [6.07, 6.45) is -1.84. The maximum Gasteiger partial charge on any atom is 0.282 e. The molecule has 3 rings (SSSR count). The van der Waals surface area contributed by atoms with Crippen molar-refractivity contribution in [2.24, 2.45) is 0 Å². The first-order valence-electron chi connectivity index (χ1n) is 13.0. The molecule has 2 aromatic rings. The first-order chi connectivity index (χ1) is 18.4. The molecule has 40 heavy (non-hydrogen) atoms. The molecule has 5 N–H and O–H groups in total. The summed E-state index contributed by atoms with van der Waals surface area (Å²) >= 11 is 6.42. The Morgan fingerprint density at radius 1 is 1.27 bits per heavy atom. The molecule has 1 aliphatic heterocycles. The number of benzene rings is 1. The molecule has 1 aromatic heterocycles. The Morgan fingerprint density at radius 3 is 2.38 bits per heavy atom. The molecule has 1 aliphatic rings. The second-order valence-electron chi connectivity index (χ2n) is 11.8. The average Bonchev–Trinajstić information content (AvgIpc) is 3.22. The van der Waals surface area contributed by atoms with E-state index in [0.717, 1.165) is 5.56 Å². The predicted molar refractivity (Wildman–Crippen MR) is 159 cm³/mol. The van der Waals surface area contributed by atoms with Gasteiger partial charge in [0.25, 0.3) is 12.3 Å². The highest BCUT2D eigenvalue weighted by Crippen LogP contribution is 2.34. The number of nitrogens with one attached hydrogen (secondary N) is 3. The number of anilines is 1. The molecule has 1 fully saturated rings. The van der Waals surface area contributed by atoms with Crippen LogP contribution in [0.3, 0.4) is 0 Å². The van der Waals surface area contributed by atoms with Crippen molar-refractivity contribution in [1.29, 1.82) is 5.41 Å². The fraction of sp³-hybridized carbons (Fsp3) is 0.462. The van der Waals surface area contributed by atoms with E-state index in [4.69, 9.17) is 22.7 Å². The van der Waals surface area contributed by atoms with Gasteiger partial charge in [-0.15, -0.1) is 0 Å². The van der Waals surface area contributed by atoms with Crippen molar-refractivity contribution >= 4 is 50.6 Å². The zero-order chi connectivity index (χ0) is 30.3. The maximum atomic E-state index is 14.2. The number of hydrogen-bond acceptors (Lipinski definition) is 5. The second-order valence-corrected chi connectivity index (χ2v) is 12.3. The number of halogens is 3. The molecule has 214 valence electrons. The predicted octanol–water partition coefficient (Wildman–Crippen LogP) is 2.05. The summed E-state index contributed by atoms with van der Waals surface area (Å²) in [5.74, 6) is -0.858. The molecular weight excluding hydrogens is 537 g/mol. The van der Waals surface area contributed by atoms with Crippen LogP contribution in [0, 0.1) is 5.41 Å². The van der Waals surface area contributed by atoms with Crippen LogP contribution in [0.4, 0.5) is 14.5 Å². The first kappa shape index (κ1) is 31.2. The number of aromatic nitrogens is 2. The highest BCUT2D eigenvalue weighted by Gasteiger charge is 2.38. The lowest BCUT2D eigenvalue weighted by Gasteiger charge is -2.39. The Balaban J connectivity index is 1.98. The van der Waals surface area contributed by atoms with Gasteiger partial charge in [0.05, 0.1) is 6.04 Å². The molecule has 0 unspecified atom stereocenters. The fourth-order valence-electron chi connectivity index (χ4n) is 4.72. The van der Waals surface area contributed by atoms with Gasteiger partial charge in [-0.1, -0.05) is 39.0 Å². The lowest BCUT2D eigenvalue weighted by molar-refractivity contribution is -0.130. The van der Waals surface area contributed by atoms with Crippen LogP contribution in [0.15, 0.2) is 24.8 Å². The Labute approximate surface area is 240 Å². The number of amides is 2. The van der Waals surface area contributed by atoms with Crippen molar-refractivity contribution in [1.82, 2.24) is 25.1 Å². The van der Waals surface area contributed by atoms with Crippen molar-refractivity contribution in [3.63, 3.8) is 0 Å². The van der Waals surface area contributed by atoms with Crippen LogP contribution >= 0.6 is 11.6 Å². The summed E-state index contributed by atoms with van der Waals surface area (Å²) in [6.45, 7) is 13.5. The Morgan fingerprint density at radius 2 is 1.88 bits per heavy atom. The number of carbonyl (C=O) groups is 2. The van der Waals surface area contributed by atoms with E-state index in [2.05, 4.69) is 22.2 Å². The van der Waals surface area contributed by atoms with E-state index in [1.807, 2.05) is 20.8 Å². The van der Waals surface area contributed by atoms with Crippen LogP contribution in [0.1, 0.15) is 80.2 Å². The first-order valence-corrected chi connectivity index (χ1v) is 13.4. The van der Waals surface area contributed by atoms with Gasteiger partial charge in [-0.05, 0) is 43.0 Å². The summed E-state index contributed by atoms with van der Waals surface area (Å²) in [4.78, 5) is 30.8. The highest BCUT2D eigenvalue weighted by molar-refractivity contribution is 6.40. The van der Waals surface area contributed by atoms with E-state index in [9.17, 15) is 18.4 Å². The molecule has 0 aliphatic carbocycles. The van der Waals surface area contributed by atoms with Gasteiger partial charge in [0.15, 0.2) is 0 Å². The SMILES string of the molecule is BC(B)(NC(=N)c1cc(C(C)(C)C)c(Cl)cc1N)c1nc(C(F)F)c(C(=O)NC2CN(C(=O)C=C)C2)n1C(C)C. The Bertz CT molecular complexity index is 1350. The number of nitrogens with two attached hydrogens (primary N) is 1. The monoisotopic (exact) mass is 573 g/mol. The van der Waals surface area contributed by atoms with Gasteiger partial charge >= 0.3 is 0 Å². The molecule has 9 nitrogen and oxygen atoms in total. The largest absolute Gasteiger partial charge is 0.398 e. The number of amidine groups is 1. The van der Waals surface area contributed by atoms with Gasteiger partial charge in [-0.2, -0.15) is 0 Å². The molecule has 14 heteroatoms. The number of hydrogen-bond donors (Lipinski definition) is 4. The maximum absolute atomic E-state index is 14.2. The average molecular weight is 574 g/mol. The third-order valence-electron chi connectivity index (χ3n) is 6.79. The summed E-state index contributed by atoms with van der Waals surface area (Å²) in [5.41, 5.74) is 6.49. The molecule has 1 aromatic carbocycles. The molecule has 0 radical (unpaired) electrons. The Kier molecular flexibility index (Phi) is 8.79. The second kappa shape index (κ2) is 11.3. The van der Waals surface area contributed by atoms with Crippen molar-refractivity contribution in [2.75, 3.05) is 18.8 Å². The third kappa shape index (κ3) is 6.19. The van der Waals surface area contributed by atoms with Crippen molar-refractivity contribution < 1.29 is 18.4 Å². The summed E-state index contributed by atoms with van der Waals surface area (Å²) in [7, 11) is 3.39. The number of alkyl halides is 2. The minimum absolute atomic E-state index is 0.0472. The Hall–Kier alpha value is -3.34. The molecule has 0 spiro atoms. The molecule has 1 saturated heterocycles. The van der Waals surface area contributed by atoms with E-state index >= 15 is 0 Å². The van der Waals surface area contributed by atoms with Crippen molar-refractivity contribution in [2.45, 2.75) is 63.9 Å². The summed E-state index contributed by atoms with van der Waals surface area (Å²) in [5, 5.41) is 13.9. The van der Waals surface area contributed by atoms with Crippen LogP contribution in [-0.4, -0.2) is 66.9 Å². The number of imidazole rings is 1. The third-order valence-corrected chi connectivity index (χ3v) is 7.11. The lowest BCUT2D eigenvalue weighted by atomic mass is 9.61. The zero-order valence-electron chi connectivity index (χ0n) is 24.0. The standard InChI is InChI=1S/C26H36B2ClF2N7O2/c1-7-18(39)37-10-13(11-37)34-23(40)20-19(21(30)31)35-24(38(20)12(2)3)26(27,28)36-22(33)14-8-15(25(4,5)6)16(29)9-17(14)32/h7-9,12-13,21H,1,10-11,27-28,32H2,2-6H3,(H2,33,36)(H,34,40). The van der Waals surface area contributed by atoms with Crippen molar-refractivity contribution in [3.05, 3.63) is 58.1 Å². The number of carbonyl (C=O) groups excluding carboxylic acids is 2. The molecule has 2 heterocycles. The summed E-state index contributed by atoms with van der Waals surface area (Å²) in [6, 6.07) is 2.54. The fourth-order valence-corrected chi connectivity index (χ4v) is 5.18. The number of likely N-dealkylation sites (tertiary alicyclic amines) is 1. The molecule has 0 bridgehead atoms. The van der Waals surface area contributed by atoms with Crippen LogP contribution in [0.2, 0.25) is 5.02 Å². The van der Waals surface area contributed by atoms with Crippen LogP contribution < -0.4 is 16.4 Å². The zero-order valence-corrected chi connectivity index (χ0v) is 24.7. The molecule has 0 saturated carbocycles. The van der Waals surface area contributed by atoms with E-state index in [-0.39, 0.29) is 53.5 Å². The smallest absolute Gasteiger partial charge is 0.282 e. The molecule has 2 amide bonds. The van der Waals surface area contributed by atoms with Crippen LogP contribution in [0.25, 0.3) is 0 Å². The van der Waals surface area contributed by atoms with E-state index < -0.39 is 29.4 Å². The van der Waals surface area contributed by atoms with E-state index in [1.54, 1.807) is 41.7 Å². The number of nitrogen functional groups attached to an aromatic ring is 1. The number of nitrogens with zero attached hydrogens (tertiary/aromatic N) is 3. The van der Waals surface area contributed by atoms with E-state index in [0.29, 0.717) is 10.6 Å². The van der Waals surface area contributed by atoms with Crippen LogP contribution in [0.5, 0.6) is 0 Å². The topological polar surface area (TPSA) is 129 Å². The van der Waals surface area contributed by atoms with Gasteiger partial charge < -0.3 is 25.8 Å². The lowest BCUT2D eigenvalue weighted by Crippen LogP contribution is -2.60. The van der Waals surface area contributed by atoms with Gasteiger partial charge in [0, 0.05) is 40.7 Å². The highest BCUT2D eigenvalue weighted by atomic mass is 35.5. The van der Waals surface area contributed by atoms with Crippen molar-refractivity contribution in [3.8, 4) is 0 Å².